The summed E-state index contributed by atoms with van der Waals surface area (Å²) in [5.41, 5.74) is -0.783. The van der Waals surface area contributed by atoms with Gasteiger partial charge in [0, 0.05) is 19.5 Å². The molecule has 2 amide bonds. The van der Waals surface area contributed by atoms with E-state index in [2.05, 4.69) is 31.4 Å². The van der Waals surface area contributed by atoms with Gasteiger partial charge in [-0.15, -0.1) is 0 Å². The molecule has 0 heterocycles. The molecule has 0 radical (unpaired) electrons. The lowest BCUT2D eigenvalue weighted by atomic mass is 9.90. The van der Waals surface area contributed by atoms with Crippen LogP contribution >= 0.6 is 0 Å². The Kier molecular flexibility index (Phi) is 8.97. The Morgan fingerprint density at radius 2 is 1.50 bits per heavy atom. The molecule has 2 N–H and O–H groups in total. The summed E-state index contributed by atoms with van der Waals surface area (Å²) in [6.07, 6.45) is 2.13. The van der Waals surface area contributed by atoms with Crippen molar-refractivity contribution in [2.24, 2.45) is 10.8 Å². The monoisotopic (exact) mass is 342 g/mol. The van der Waals surface area contributed by atoms with Gasteiger partial charge in [0.1, 0.15) is 0 Å². The lowest BCUT2D eigenvalue weighted by molar-refractivity contribution is -0.137. The number of nitrogens with one attached hydrogen (secondary N) is 2. The molecule has 5 heteroatoms. The maximum Gasteiger partial charge on any atom is 0.227 e. The molecule has 0 saturated carbocycles. The molecule has 5 nitrogen and oxygen atoms in total. The number of rotatable bonds is 10. The summed E-state index contributed by atoms with van der Waals surface area (Å²) >= 11 is 0. The first kappa shape index (κ1) is 22.9. The molecule has 0 bridgehead atoms. The quantitative estimate of drug-likeness (QED) is 0.640. The molecule has 0 aromatic carbocycles. The predicted molar refractivity (Wildman–Crippen MR) is 98.8 cm³/mol. The first-order valence-electron chi connectivity index (χ1n) is 8.98. The summed E-state index contributed by atoms with van der Waals surface area (Å²) in [6.45, 7) is 17.6. The minimum absolute atomic E-state index is 0.00344. The Balaban J connectivity index is 4.18. The average Bonchev–Trinajstić information content (AvgIpc) is 2.43. The van der Waals surface area contributed by atoms with Crippen molar-refractivity contribution < 1.29 is 14.3 Å². The normalized spacial score (nSPS) is 12.8. The van der Waals surface area contributed by atoms with E-state index in [1.807, 2.05) is 34.6 Å². The van der Waals surface area contributed by atoms with Crippen LogP contribution in [0.25, 0.3) is 0 Å². The third-order valence-electron chi connectivity index (χ3n) is 3.93. The average molecular weight is 343 g/mol. The topological polar surface area (TPSA) is 67.4 Å². The van der Waals surface area contributed by atoms with E-state index in [0.717, 1.165) is 6.42 Å². The number of ether oxygens (including phenoxy) is 1. The van der Waals surface area contributed by atoms with Crippen molar-refractivity contribution in [1.82, 2.24) is 10.6 Å². The predicted octanol–water partition coefficient (Wildman–Crippen LogP) is 3.28. The standard InChI is InChI=1S/C19H38N2O3/c1-9-20-16(23)18(5,6)14-24-19(7,8)12-13-21-15(22)10-11-17(2,3)4/h9-14H2,1-8H3,(H,20,23)(H,21,22). The highest BCUT2D eigenvalue weighted by Crippen LogP contribution is 2.22. The minimum atomic E-state index is -0.566. The Hall–Kier alpha value is -1.10. The molecule has 0 unspecified atom stereocenters. The van der Waals surface area contributed by atoms with Gasteiger partial charge in [-0.25, -0.2) is 0 Å². The molecule has 0 rings (SSSR count). The van der Waals surface area contributed by atoms with Crippen molar-refractivity contribution >= 4 is 11.8 Å². The van der Waals surface area contributed by atoms with Crippen molar-refractivity contribution in [3.05, 3.63) is 0 Å². The fraction of sp³-hybridized carbons (Fsp3) is 0.895. The van der Waals surface area contributed by atoms with Gasteiger partial charge >= 0.3 is 0 Å². The lowest BCUT2D eigenvalue weighted by Crippen LogP contribution is -2.42. The van der Waals surface area contributed by atoms with Crippen LogP contribution in [0, 0.1) is 10.8 Å². The maximum atomic E-state index is 12.0. The number of carbonyl (C=O) groups excluding carboxylic acids is 2. The molecule has 0 atom stereocenters. The molecular formula is C19H38N2O3. The van der Waals surface area contributed by atoms with Gasteiger partial charge in [-0.3, -0.25) is 9.59 Å². The Morgan fingerprint density at radius 1 is 0.917 bits per heavy atom. The van der Waals surface area contributed by atoms with Crippen LogP contribution in [0.15, 0.2) is 0 Å². The van der Waals surface area contributed by atoms with Crippen molar-refractivity contribution in [3.8, 4) is 0 Å². The fourth-order valence-electron chi connectivity index (χ4n) is 1.99. The van der Waals surface area contributed by atoms with Crippen molar-refractivity contribution in [2.75, 3.05) is 19.7 Å². The van der Waals surface area contributed by atoms with Gasteiger partial charge in [0.25, 0.3) is 0 Å². The number of hydrogen-bond donors (Lipinski definition) is 2. The largest absolute Gasteiger partial charge is 0.374 e. The van der Waals surface area contributed by atoms with E-state index in [1.165, 1.54) is 0 Å². The molecule has 0 aliphatic rings. The van der Waals surface area contributed by atoms with Crippen molar-refractivity contribution in [1.29, 1.82) is 0 Å². The van der Waals surface area contributed by atoms with E-state index < -0.39 is 5.41 Å². The van der Waals surface area contributed by atoms with Gasteiger partial charge in [0.2, 0.25) is 11.8 Å². The van der Waals surface area contributed by atoms with E-state index in [0.29, 0.717) is 32.5 Å². The number of carbonyl (C=O) groups is 2. The smallest absolute Gasteiger partial charge is 0.227 e. The van der Waals surface area contributed by atoms with Gasteiger partial charge in [0.05, 0.1) is 17.6 Å². The maximum absolute atomic E-state index is 12.0. The highest BCUT2D eigenvalue weighted by Gasteiger charge is 2.30. The summed E-state index contributed by atoms with van der Waals surface area (Å²) in [5, 5.41) is 5.78. The van der Waals surface area contributed by atoms with E-state index >= 15 is 0 Å². The molecule has 0 aliphatic carbocycles. The van der Waals surface area contributed by atoms with E-state index in [-0.39, 0.29) is 22.8 Å². The second-order valence-corrected chi connectivity index (χ2v) is 8.95. The van der Waals surface area contributed by atoms with Crippen molar-refractivity contribution in [2.45, 2.75) is 80.3 Å². The fourth-order valence-corrected chi connectivity index (χ4v) is 1.99. The van der Waals surface area contributed by atoms with Crippen molar-refractivity contribution in [3.63, 3.8) is 0 Å². The summed E-state index contributed by atoms with van der Waals surface area (Å²) in [4.78, 5) is 23.8. The zero-order valence-electron chi connectivity index (χ0n) is 17.0. The van der Waals surface area contributed by atoms with Gasteiger partial charge in [-0.05, 0) is 52.9 Å². The van der Waals surface area contributed by atoms with Gasteiger partial charge in [-0.1, -0.05) is 20.8 Å². The Bertz CT molecular complexity index is 409. The molecule has 0 fully saturated rings. The van der Waals surface area contributed by atoms with Crippen LogP contribution in [0.4, 0.5) is 0 Å². The van der Waals surface area contributed by atoms with Crippen LogP contribution in [-0.2, 0) is 14.3 Å². The SMILES string of the molecule is CCNC(=O)C(C)(C)COC(C)(C)CCNC(=O)CCC(C)(C)C. The molecule has 0 saturated heterocycles. The van der Waals surface area contributed by atoms with Crippen LogP contribution < -0.4 is 10.6 Å². The first-order chi connectivity index (χ1) is 10.8. The zero-order valence-corrected chi connectivity index (χ0v) is 17.0. The van der Waals surface area contributed by atoms with Crippen LogP contribution in [0.2, 0.25) is 0 Å². The summed E-state index contributed by atoms with van der Waals surface area (Å²) < 4.78 is 5.95. The zero-order chi connectivity index (χ0) is 19.0. The van der Waals surface area contributed by atoms with Gasteiger partial charge in [-0.2, -0.15) is 0 Å². The Labute approximate surface area is 148 Å². The molecule has 0 aromatic heterocycles. The molecule has 142 valence electrons. The van der Waals surface area contributed by atoms with Gasteiger partial charge < -0.3 is 15.4 Å². The molecule has 0 aromatic rings. The molecule has 0 aliphatic heterocycles. The molecule has 0 spiro atoms. The summed E-state index contributed by atoms with van der Waals surface area (Å²) in [5.74, 6) is 0.0830. The number of hydrogen-bond acceptors (Lipinski definition) is 3. The van der Waals surface area contributed by atoms with Crippen LogP contribution in [0.1, 0.15) is 74.7 Å². The first-order valence-corrected chi connectivity index (χ1v) is 8.98. The van der Waals surface area contributed by atoms with E-state index in [9.17, 15) is 9.59 Å². The highest BCUT2D eigenvalue weighted by atomic mass is 16.5. The van der Waals surface area contributed by atoms with Gasteiger partial charge in [0.15, 0.2) is 0 Å². The highest BCUT2D eigenvalue weighted by molar-refractivity contribution is 5.81. The van der Waals surface area contributed by atoms with Crippen LogP contribution in [-0.4, -0.2) is 37.1 Å². The third kappa shape index (κ3) is 10.6. The summed E-state index contributed by atoms with van der Waals surface area (Å²) in [6, 6.07) is 0. The molecule has 24 heavy (non-hydrogen) atoms. The van der Waals surface area contributed by atoms with Crippen LogP contribution in [0.5, 0.6) is 0 Å². The second kappa shape index (κ2) is 9.40. The summed E-state index contributed by atoms with van der Waals surface area (Å²) in [7, 11) is 0. The van der Waals surface area contributed by atoms with Crippen LogP contribution in [0.3, 0.4) is 0 Å². The Morgan fingerprint density at radius 3 is 2.00 bits per heavy atom. The number of amides is 2. The van der Waals surface area contributed by atoms with E-state index in [1.54, 1.807) is 0 Å². The minimum Gasteiger partial charge on any atom is -0.374 e. The molecular weight excluding hydrogens is 304 g/mol. The second-order valence-electron chi connectivity index (χ2n) is 8.95. The van der Waals surface area contributed by atoms with E-state index in [4.69, 9.17) is 4.74 Å². The third-order valence-corrected chi connectivity index (χ3v) is 3.93. The lowest BCUT2D eigenvalue weighted by Gasteiger charge is -2.31.